The monoisotopic (exact) mass is 438 g/mol. The standard InChI is InChI=1S/C25H30N2O5/c1-6-32-11-7-10-27-24(28)22(18-8-9-20(30-4)21(15-18)31-5)23(25(27)29)26-19-13-16(2)12-17(3)14-19/h8-9,12-15,26H,6-7,10-11H2,1-5H3. The van der Waals surface area contributed by atoms with Crippen LogP contribution in [-0.2, 0) is 14.3 Å². The zero-order valence-corrected chi connectivity index (χ0v) is 19.3. The average molecular weight is 439 g/mol. The summed E-state index contributed by atoms with van der Waals surface area (Å²) in [4.78, 5) is 27.9. The van der Waals surface area contributed by atoms with E-state index in [0.29, 0.717) is 42.3 Å². The van der Waals surface area contributed by atoms with Crippen LogP contribution in [0.4, 0.5) is 5.69 Å². The third-order valence-electron chi connectivity index (χ3n) is 5.21. The van der Waals surface area contributed by atoms with Crippen molar-refractivity contribution in [2.75, 3.05) is 39.3 Å². The maximum Gasteiger partial charge on any atom is 0.278 e. The molecule has 0 bridgehead atoms. The minimum absolute atomic E-state index is 0.253. The average Bonchev–Trinajstić information content (AvgIpc) is 2.99. The lowest BCUT2D eigenvalue weighted by Crippen LogP contribution is -2.34. The number of carbonyl (C=O) groups is 2. The quantitative estimate of drug-likeness (QED) is 0.447. The van der Waals surface area contributed by atoms with Crippen LogP contribution in [0.1, 0.15) is 30.0 Å². The highest BCUT2D eigenvalue weighted by Crippen LogP contribution is 2.36. The lowest BCUT2D eigenvalue weighted by atomic mass is 10.0. The van der Waals surface area contributed by atoms with Crippen LogP contribution in [0.2, 0.25) is 0 Å². The van der Waals surface area contributed by atoms with Gasteiger partial charge in [-0.05, 0) is 68.1 Å². The second kappa shape index (κ2) is 10.3. The smallest absolute Gasteiger partial charge is 0.278 e. The van der Waals surface area contributed by atoms with Gasteiger partial charge in [-0.15, -0.1) is 0 Å². The Morgan fingerprint density at radius 3 is 2.22 bits per heavy atom. The number of nitrogens with zero attached hydrogens (tertiary/aromatic N) is 1. The summed E-state index contributed by atoms with van der Waals surface area (Å²) in [5.74, 6) is 0.338. The molecule has 1 N–H and O–H groups in total. The number of hydrogen-bond donors (Lipinski definition) is 1. The first-order chi connectivity index (χ1) is 15.4. The molecule has 0 saturated carbocycles. The molecule has 1 heterocycles. The van der Waals surface area contributed by atoms with Crippen LogP contribution in [0.5, 0.6) is 11.5 Å². The Balaban J connectivity index is 2.03. The molecule has 1 aliphatic rings. The van der Waals surface area contributed by atoms with Gasteiger partial charge >= 0.3 is 0 Å². The number of rotatable bonds is 10. The molecule has 3 rings (SSSR count). The number of hydrogen-bond acceptors (Lipinski definition) is 6. The molecule has 2 amide bonds. The molecule has 1 aliphatic heterocycles. The van der Waals surface area contributed by atoms with Gasteiger partial charge in [0.25, 0.3) is 11.8 Å². The fourth-order valence-electron chi connectivity index (χ4n) is 3.81. The Bertz CT molecular complexity index is 1020. The van der Waals surface area contributed by atoms with E-state index in [-0.39, 0.29) is 24.1 Å². The summed E-state index contributed by atoms with van der Waals surface area (Å²) in [5.41, 5.74) is 4.03. The summed E-state index contributed by atoms with van der Waals surface area (Å²) < 4.78 is 16.1. The number of anilines is 1. The third kappa shape index (κ3) is 4.94. The van der Waals surface area contributed by atoms with E-state index < -0.39 is 0 Å². The first-order valence-corrected chi connectivity index (χ1v) is 10.7. The van der Waals surface area contributed by atoms with Crippen molar-refractivity contribution in [2.24, 2.45) is 0 Å². The lowest BCUT2D eigenvalue weighted by Gasteiger charge is -2.15. The van der Waals surface area contributed by atoms with Crippen molar-refractivity contribution in [3.05, 3.63) is 58.8 Å². The van der Waals surface area contributed by atoms with Crippen LogP contribution in [0.25, 0.3) is 5.57 Å². The molecule has 0 radical (unpaired) electrons. The largest absolute Gasteiger partial charge is 0.493 e. The Morgan fingerprint density at radius 1 is 0.906 bits per heavy atom. The highest BCUT2D eigenvalue weighted by atomic mass is 16.5. The number of amides is 2. The van der Waals surface area contributed by atoms with E-state index in [1.54, 1.807) is 25.3 Å². The Morgan fingerprint density at radius 2 is 1.59 bits per heavy atom. The van der Waals surface area contributed by atoms with Crippen molar-refractivity contribution in [1.82, 2.24) is 4.90 Å². The SMILES string of the molecule is CCOCCCN1C(=O)C(Nc2cc(C)cc(C)c2)=C(c2ccc(OC)c(OC)c2)C1=O. The molecule has 0 atom stereocenters. The van der Waals surface area contributed by atoms with E-state index in [2.05, 4.69) is 11.4 Å². The van der Waals surface area contributed by atoms with Gasteiger partial charge in [0.15, 0.2) is 11.5 Å². The molecule has 170 valence electrons. The normalized spacial score (nSPS) is 13.7. The van der Waals surface area contributed by atoms with Gasteiger partial charge in [-0.25, -0.2) is 0 Å². The number of nitrogens with one attached hydrogen (secondary N) is 1. The first kappa shape index (κ1) is 23.3. The van der Waals surface area contributed by atoms with Gasteiger partial charge in [0.05, 0.1) is 19.8 Å². The highest BCUT2D eigenvalue weighted by molar-refractivity contribution is 6.36. The molecule has 2 aromatic rings. The van der Waals surface area contributed by atoms with E-state index in [1.807, 2.05) is 32.9 Å². The Labute approximate surface area is 189 Å². The first-order valence-electron chi connectivity index (χ1n) is 10.7. The summed E-state index contributed by atoms with van der Waals surface area (Å²) in [6.45, 7) is 7.25. The zero-order valence-electron chi connectivity index (χ0n) is 19.3. The van der Waals surface area contributed by atoms with Crippen LogP contribution < -0.4 is 14.8 Å². The van der Waals surface area contributed by atoms with Crippen molar-refractivity contribution in [1.29, 1.82) is 0 Å². The molecule has 0 aromatic heterocycles. The van der Waals surface area contributed by atoms with Gasteiger partial charge in [0.2, 0.25) is 0 Å². The molecule has 7 nitrogen and oxygen atoms in total. The summed E-state index contributed by atoms with van der Waals surface area (Å²) >= 11 is 0. The number of aryl methyl sites for hydroxylation is 2. The van der Waals surface area contributed by atoms with E-state index >= 15 is 0 Å². The fraction of sp³-hybridized carbons (Fsp3) is 0.360. The van der Waals surface area contributed by atoms with Crippen molar-refractivity contribution in [3.8, 4) is 11.5 Å². The molecule has 0 saturated heterocycles. The zero-order chi connectivity index (χ0) is 23.3. The van der Waals surface area contributed by atoms with Gasteiger partial charge in [0.1, 0.15) is 5.70 Å². The maximum absolute atomic E-state index is 13.4. The molecular formula is C25H30N2O5. The number of carbonyl (C=O) groups excluding carboxylic acids is 2. The molecule has 0 spiro atoms. The van der Waals surface area contributed by atoms with Gasteiger partial charge in [-0.2, -0.15) is 0 Å². The Hall–Kier alpha value is -3.32. The lowest BCUT2D eigenvalue weighted by molar-refractivity contribution is -0.137. The van der Waals surface area contributed by atoms with Crippen LogP contribution in [0.15, 0.2) is 42.1 Å². The summed E-state index contributed by atoms with van der Waals surface area (Å²) in [5, 5.41) is 3.21. The topological polar surface area (TPSA) is 77.1 Å². The minimum atomic E-state index is -0.351. The van der Waals surface area contributed by atoms with Gasteiger partial charge in [0, 0.05) is 25.4 Å². The van der Waals surface area contributed by atoms with Crippen LogP contribution in [0.3, 0.4) is 0 Å². The third-order valence-corrected chi connectivity index (χ3v) is 5.21. The predicted molar refractivity (Wildman–Crippen MR) is 124 cm³/mol. The molecule has 0 aliphatic carbocycles. The van der Waals surface area contributed by atoms with Crippen LogP contribution >= 0.6 is 0 Å². The van der Waals surface area contributed by atoms with Crippen molar-refractivity contribution >= 4 is 23.1 Å². The number of methoxy groups -OCH3 is 2. The van der Waals surface area contributed by atoms with Crippen LogP contribution in [0, 0.1) is 13.8 Å². The predicted octanol–water partition coefficient (Wildman–Crippen LogP) is 3.94. The van der Waals surface area contributed by atoms with E-state index in [1.165, 1.54) is 12.0 Å². The van der Waals surface area contributed by atoms with Gasteiger partial charge < -0.3 is 19.5 Å². The van der Waals surface area contributed by atoms with E-state index in [9.17, 15) is 9.59 Å². The van der Waals surface area contributed by atoms with Crippen molar-refractivity contribution in [2.45, 2.75) is 27.2 Å². The molecule has 0 fully saturated rings. The van der Waals surface area contributed by atoms with Crippen LogP contribution in [-0.4, -0.2) is 50.7 Å². The minimum Gasteiger partial charge on any atom is -0.493 e. The Kier molecular flexibility index (Phi) is 7.53. The van der Waals surface area contributed by atoms with Crippen molar-refractivity contribution in [3.63, 3.8) is 0 Å². The van der Waals surface area contributed by atoms with Gasteiger partial charge in [-0.3, -0.25) is 14.5 Å². The van der Waals surface area contributed by atoms with E-state index in [4.69, 9.17) is 14.2 Å². The molecule has 2 aromatic carbocycles. The van der Waals surface area contributed by atoms with Crippen molar-refractivity contribution < 1.29 is 23.8 Å². The van der Waals surface area contributed by atoms with Gasteiger partial charge in [-0.1, -0.05) is 12.1 Å². The number of ether oxygens (including phenoxy) is 3. The van der Waals surface area contributed by atoms with E-state index in [0.717, 1.165) is 16.8 Å². The molecule has 0 unspecified atom stereocenters. The molecule has 32 heavy (non-hydrogen) atoms. The summed E-state index contributed by atoms with van der Waals surface area (Å²) in [6, 6.07) is 11.1. The highest BCUT2D eigenvalue weighted by Gasteiger charge is 2.39. The second-order valence-corrected chi connectivity index (χ2v) is 7.63. The summed E-state index contributed by atoms with van der Waals surface area (Å²) in [7, 11) is 3.08. The number of benzene rings is 2. The number of imide groups is 1. The molecular weight excluding hydrogens is 408 g/mol. The second-order valence-electron chi connectivity index (χ2n) is 7.63. The summed E-state index contributed by atoms with van der Waals surface area (Å²) in [6.07, 6.45) is 0.571. The fourth-order valence-corrected chi connectivity index (χ4v) is 3.81. The maximum atomic E-state index is 13.4. The molecule has 7 heteroatoms.